The number of hydrogen-bond donors (Lipinski definition) is 1. The molecule has 1 atom stereocenters. The molecule has 11 heteroatoms. The lowest BCUT2D eigenvalue weighted by atomic mass is 10.1. The van der Waals surface area contributed by atoms with Gasteiger partial charge in [0.1, 0.15) is 11.6 Å². The third-order valence-corrected chi connectivity index (χ3v) is 3.89. The van der Waals surface area contributed by atoms with E-state index >= 15 is 0 Å². The molecule has 8 nitrogen and oxygen atoms in total. The van der Waals surface area contributed by atoms with Gasteiger partial charge in [0, 0.05) is 5.56 Å². The predicted octanol–water partition coefficient (Wildman–Crippen LogP) is 2.75. The number of nitrogens with zero attached hydrogens (tertiary/aromatic N) is 2. The summed E-state index contributed by atoms with van der Waals surface area (Å²) >= 11 is 0. The highest BCUT2D eigenvalue weighted by Crippen LogP contribution is 2.34. The average Bonchev–Trinajstić information content (AvgIpc) is 3.14. The van der Waals surface area contributed by atoms with Gasteiger partial charge in [-0.25, -0.2) is 14.3 Å². The number of aromatic nitrogens is 2. The smallest absolute Gasteiger partial charge is 0.434 e. The third-order valence-electron chi connectivity index (χ3n) is 3.89. The van der Waals surface area contributed by atoms with E-state index in [2.05, 4.69) is 15.2 Å². The van der Waals surface area contributed by atoms with Crippen molar-refractivity contribution in [3.05, 3.63) is 47.3 Å². The zero-order valence-corrected chi connectivity index (χ0v) is 16.4. The number of nitrogens with one attached hydrogen (secondary N) is 1. The largest absolute Gasteiger partial charge is 0.464 e. The minimum atomic E-state index is -4.87. The molecule has 1 N–H and O–H groups in total. The number of esters is 2. The number of halogens is 3. The Morgan fingerprint density at radius 3 is 2.23 bits per heavy atom. The quantitative estimate of drug-likeness (QED) is 0.683. The van der Waals surface area contributed by atoms with Crippen LogP contribution in [-0.2, 0) is 20.4 Å². The Morgan fingerprint density at radius 2 is 1.70 bits per heavy atom. The molecule has 1 aromatic carbocycles. The molecule has 1 unspecified atom stereocenters. The fraction of sp³-hybridized carbons (Fsp3) is 0.368. The number of benzene rings is 1. The van der Waals surface area contributed by atoms with Gasteiger partial charge >= 0.3 is 18.1 Å². The molecule has 30 heavy (non-hydrogen) atoms. The van der Waals surface area contributed by atoms with Crippen molar-refractivity contribution >= 4 is 17.8 Å². The maximum Gasteiger partial charge on any atom is 0.434 e. The lowest BCUT2D eigenvalue weighted by Crippen LogP contribution is -2.39. The summed E-state index contributed by atoms with van der Waals surface area (Å²) in [5.41, 5.74) is -1.90. The summed E-state index contributed by atoms with van der Waals surface area (Å²) < 4.78 is 50.6. The molecule has 0 spiro atoms. The van der Waals surface area contributed by atoms with Gasteiger partial charge in [0.15, 0.2) is 5.69 Å². The second-order valence-corrected chi connectivity index (χ2v) is 6.03. The summed E-state index contributed by atoms with van der Waals surface area (Å²) in [6.07, 6.45) is -4.09. The summed E-state index contributed by atoms with van der Waals surface area (Å²) in [7, 11) is 0. The molecule has 0 saturated heterocycles. The van der Waals surface area contributed by atoms with Gasteiger partial charge in [-0.2, -0.15) is 18.3 Å². The number of carbonyl (C=O) groups excluding carboxylic acids is 3. The van der Waals surface area contributed by atoms with Crippen LogP contribution in [0.2, 0.25) is 0 Å². The fourth-order valence-electron chi connectivity index (χ4n) is 2.54. The maximum atomic E-state index is 13.5. The first kappa shape index (κ1) is 22.9. The average molecular weight is 427 g/mol. The molecule has 0 aliphatic carbocycles. The van der Waals surface area contributed by atoms with Crippen LogP contribution in [0, 0.1) is 0 Å². The van der Waals surface area contributed by atoms with Crippen LogP contribution < -0.4 is 5.32 Å². The van der Waals surface area contributed by atoms with Gasteiger partial charge in [0.2, 0.25) is 0 Å². The Balaban J connectivity index is 2.29. The molecule has 0 fully saturated rings. The highest BCUT2D eigenvalue weighted by atomic mass is 19.4. The second-order valence-electron chi connectivity index (χ2n) is 6.03. The molecule has 162 valence electrons. The predicted molar refractivity (Wildman–Crippen MR) is 98.1 cm³/mol. The third kappa shape index (κ3) is 5.16. The summed E-state index contributed by atoms with van der Waals surface area (Å²) in [5.74, 6) is -2.36. The molecular weight excluding hydrogens is 407 g/mol. The first-order valence-corrected chi connectivity index (χ1v) is 9.00. The van der Waals surface area contributed by atoms with Crippen molar-refractivity contribution in [3.8, 4) is 5.69 Å². The summed E-state index contributed by atoms with van der Waals surface area (Å²) in [6, 6.07) is 4.12. The molecule has 2 rings (SSSR count). The van der Waals surface area contributed by atoms with Gasteiger partial charge in [-0.3, -0.25) is 4.79 Å². The van der Waals surface area contributed by atoms with Crippen LogP contribution in [-0.4, -0.2) is 46.9 Å². The van der Waals surface area contributed by atoms with E-state index in [0.29, 0.717) is 4.68 Å². The molecule has 1 amide bonds. The van der Waals surface area contributed by atoms with Crippen LogP contribution in [0.3, 0.4) is 0 Å². The number of ether oxygens (including phenoxy) is 2. The van der Waals surface area contributed by atoms with Crippen molar-refractivity contribution in [3.63, 3.8) is 0 Å². The number of alkyl halides is 3. The highest BCUT2D eigenvalue weighted by Gasteiger charge is 2.41. The van der Waals surface area contributed by atoms with E-state index < -0.39 is 41.3 Å². The van der Waals surface area contributed by atoms with E-state index in [1.165, 1.54) is 38.1 Å². The van der Waals surface area contributed by atoms with Gasteiger partial charge in [0.25, 0.3) is 5.91 Å². The van der Waals surface area contributed by atoms with Crippen LogP contribution in [0.4, 0.5) is 13.2 Å². The summed E-state index contributed by atoms with van der Waals surface area (Å²) in [4.78, 5) is 35.7. The number of carbonyl (C=O) groups is 3. The van der Waals surface area contributed by atoms with Crippen LogP contribution >= 0.6 is 0 Å². The van der Waals surface area contributed by atoms with Crippen LogP contribution in [0.25, 0.3) is 5.69 Å². The lowest BCUT2D eigenvalue weighted by molar-refractivity contribution is -0.145. The number of amides is 1. The summed E-state index contributed by atoms with van der Waals surface area (Å²) in [6.45, 7) is 4.62. The minimum absolute atomic E-state index is 0.0205. The Labute approximate surface area is 170 Å². The Hall–Kier alpha value is -3.37. The molecular formula is C19H20F3N3O5. The topological polar surface area (TPSA) is 99.5 Å². The van der Waals surface area contributed by atoms with Gasteiger partial charge < -0.3 is 14.8 Å². The number of hydrogen-bond acceptors (Lipinski definition) is 6. The monoisotopic (exact) mass is 427 g/mol. The molecule has 0 radical (unpaired) electrons. The van der Waals surface area contributed by atoms with E-state index in [1.807, 2.05) is 0 Å². The van der Waals surface area contributed by atoms with E-state index in [-0.39, 0.29) is 24.5 Å². The van der Waals surface area contributed by atoms with Gasteiger partial charge in [-0.05, 0) is 45.0 Å². The molecule has 0 aliphatic heterocycles. The Morgan fingerprint density at radius 1 is 1.10 bits per heavy atom. The van der Waals surface area contributed by atoms with E-state index in [1.54, 1.807) is 6.92 Å². The highest BCUT2D eigenvalue weighted by molar-refractivity contribution is 5.96. The molecule has 1 aromatic heterocycles. The van der Waals surface area contributed by atoms with Crippen molar-refractivity contribution in [2.75, 3.05) is 13.2 Å². The second kappa shape index (κ2) is 9.42. The molecule has 2 aromatic rings. The zero-order valence-electron chi connectivity index (χ0n) is 16.4. The van der Waals surface area contributed by atoms with E-state index in [4.69, 9.17) is 4.74 Å². The Kier molecular flexibility index (Phi) is 7.19. The zero-order chi connectivity index (χ0) is 22.5. The van der Waals surface area contributed by atoms with E-state index in [9.17, 15) is 27.6 Å². The molecule has 0 saturated carbocycles. The normalized spacial score (nSPS) is 12.2. The minimum Gasteiger partial charge on any atom is -0.464 e. The van der Waals surface area contributed by atoms with Crippen LogP contribution in [0.1, 0.15) is 47.2 Å². The maximum absolute atomic E-state index is 13.5. The first-order chi connectivity index (χ1) is 14.1. The fourth-order valence-corrected chi connectivity index (χ4v) is 2.54. The van der Waals surface area contributed by atoms with Crippen molar-refractivity contribution < 1.29 is 37.0 Å². The van der Waals surface area contributed by atoms with Crippen molar-refractivity contribution in [1.29, 1.82) is 0 Å². The van der Waals surface area contributed by atoms with Gasteiger partial charge in [0.05, 0.1) is 25.1 Å². The number of rotatable bonds is 7. The lowest BCUT2D eigenvalue weighted by Gasteiger charge is -2.14. The van der Waals surface area contributed by atoms with Crippen LogP contribution in [0.5, 0.6) is 0 Å². The van der Waals surface area contributed by atoms with Gasteiger partial charge in [-0.1, -0.05) is 0 Å². The van der Waals surface area contributed by atoms with Gasteiger partial charge in [-0.15, -0.1) is 0 Å². The molecule has 0 bridgehead atoms. The molecule has 0 aliphatic rings. The first-order valence-electron chi connectivity index (χ1n) is 9.00. The Bertz CT molecular complexity index is 922. The van der Waals surface area contributed by atoms with Crippen LogP contribution in [0.15, 0.2) is 30.5 Å². The van der Waals surface area contributed by atoms with E-state index in [0.717, 1.165) is 6.20 Å². The van der Waals surface area contributed by atoms with Crippen molar-refractivity contribution in [2.45, 2.75) is 33.0 Å². The van der Waals surface area contributed by atoms with Crippen molar-refractivity contribution in [2.24, 2.45) is 0 Å². The molecule has 1 heterocycles. The standard InChI is InChI=1S/C19H20F3N3O5/c1-4-29-17(27)11(3)24-16(26)12-6-8-13(9-7-12)25-15(19(20,21)22)14(10-23-25)18(28)30-5-2/h6-11H,4-5H2,1-3H3,(H,24,26). The summed E-state index contributed by atoms with van der Waals surface area (Å²) in [5, 5.41) is 6.09. The van der Waals surface area contributed by atoms with Crippen molar-refractivity contribution in [1.82, 2.24) is 15.1 Å². The SMILES string of the molecule is CCOC(=O)c1cnn(-c2ccc(C(=O)NC(C)C(=O)OCC)cc2)c1C(F)(F)F.